The van der Waals surface area contributed by atoms with Gasteiger partial charge in [0.05, 0.1) is 16.3 Å². The van der Waals surface area contributed by atoms with Crippen molar-refractivity contribution in [2.75, 3.05) is 12.3 Å². The van der Waals surface area contributed by atoms with Crippen LogP contribution in [-0.4, -0.2) is 23.4 Å². The summed E-state index contributed by atoms with van der Waals surface area (Å²) in [6.07, 6.45) is 2.23. The lowest BCUT2D eigenvalue weighted by Crippen LogP contribution is -2.45. The van der Waals surface area contributed by atoms with Crippen molar-refractivity contribution in [2.45, 2.75) is 32.7 Å². The number of carbonyl (C=O) groups excluding carboxylic acids is 1. The minimum absolute atomic E-state index is 0.00551. The third kappa shape index (κ3) is 2.46. The number of para-hydroxylation sites is 1. The smallest absolute Gasteiger partial charge is 0.256 e. The third-order valence-corrected chi connectivity index (χ3v) is 3.99. The molecule has 0 bridgehead atoms. The van der Waals surface area contributed by atoms with Gasteiger partial charge in [-0.15, -0.1) is 0 Å². The second-order valence-electron chi connectivity index (χ2n) is 5.19. The Kier molecular flexibility index (Phi) is 3.81. The Balaban J connectivity index is 2.27. The summed E-state index contributed by atoms with van der Waals surface area (Å²) in [6.45, 7) is 5.06. The zero-order valence-electron chi connectivity index (χ0n) is 10.8. The first-order chi connectivity index (χ1) is 8.50. The molecule has 1 aromatic rings. The first-order valence-electron chi connectivity index (χ1n) is 6.35. The minimum atomic E-state index is -0.00551. The number of hydrogen-bond acceptors (Lipinski definition) is 2. The van der Waals surface area contributed by atoms with Gasteiger partial charge >= 0.3 is 0 Å². The van der Waals surface area contributed by atoms with E-state index in [1.165, 1.54) is 6.42 Å². The van der Waals surface area contributed by atoms with Gasteiger partial charge in [0.1, 0.15) is 0 Å². The van der Waals surface area contributed by atoms with Crippen molar-refractivity contribution in [1.29, 1.82) is 0 Å². The molecule has 0 saturated carbocycles. The molecule has 1 aliphatic heterocycles. The standard InChI is InChI=1S/C14H19ClN2O/c1-9-6-7-10(2)17(8-9)14(18)11-4-3-5-12(15)13(11)16/h3-5,9-10H,6-8,16H2,1-2H3. The number of likely N-dealkylation sites (tertiary alicyclic amines) is 1. The van der Waals surface area contributed by atoms with E-state index >= 15 is 0 Å². The maximum atomic E-state index is 12.5. The van der Waals surface area contributed by atoms with Gasteiger partial charge in [-0.1, -0.05) is 24.6 Å². The molecular weight excluding hydrogens is 248 g/mol. The molecule has 2 atom stereocenters. The van der Waals surface area contributed by atoms with E-state index in [4.69, 9.17) is 17.3 Å². The summed E-state index contributed by atoms with van der Waals surface area (Å²) in [5.74, 6) is 0.541. The van der Waals surface area contributed by atoms with Crippen LogP contribution in [0.5, 0.6) is 0 Å². The van der Waals surface area contributed by atoms with Gasteiger partial charge in [-0.05, 0) is 37.8 Å². The topological polar surface area (TPSA) is 46.3 Å². The largest absolute Gasteiger partial charge is 0.397 e. The van der Waals surface area contributed by atoms with E-state index in [1.54, 1.807) is 18.2 Å². The van der Waals surface area contributed by atoms with Gasteiger partial charge in [0.2, 0.25) is 0 Å². The Labute approximate surface area is 113 Å². The molecule has 0 spiro atoms. The van der Waals surface area contributed by atoms with Gasteiger partial charge < -0.3 is 10.6 Å². The molecule has 0 radical (unpaired) electrons. The predicted octanol–water partition coefficient (Wildman–Crippen LogP) is 3.18. The number of piperidine rings is 1. The lowest BCUT2D eigenvalue weighted by atomic mass is 9.94. The first-order valence-corrected chi connectivity index (χ1v) is 6.73. The molecule has 2 unspecified atom stereocenters. The summed E-state index contributed by atoms with van der Waals surface area (Å²) in [6, 6.07) is 5.49. The highest BCUT2D eigenvalue weighted by molar-refractivity contribution is 6.33. The van der Waals surface area contributed by atoms with Crippen molar-refractivity contribution < 1.29 is 4.79 Å². The molecular formula is C14H19ClN2O. The van der Waals surface area contributed by atoms with Gasteiger partial charge in [-0.3, -0.25) is 4.79 Å². The maximum absolute atomic E-state index is 12.5. The fraction of sp³-hybridized carbons (Fsp3) is 0.500. The lowest BCUT2D eigenvalue weighted by Gasteiger charge is -2.37. The normalized spacial score (nSPS) is 24.1. The molecule has 1 fully saturated rings. The molecule has 1 heterocycles. The van der Waals surface area contributed by atoms with Crippen LogP contribution >= 0.6 is 11.6 Å². The highest BCUT2D eigenvalue weighted by Gasteiger charge is 2.28. The molecule has 0 aromatic heterocycles. The predicted molar refractivity (Wildman–Crippen MR) is 74.8 cm³/mol. The number of halogens is 1. The number of amides is 1. The van der Waals surface area contributed by atoms with Crippen molar-refractivity contribution >= 4 is 23.2 Å². The van der Waals surface area contributed by atoms with E-state index in [2.05, 4.69) is 13.8 Å². The summed E-state index contributed by atoms with van der Waals surface area (Å²) in [5.41, 5.74) is 6.79. The SMILES string of the molecule is CC1CCC(C)N(C(=O)c2cccc(Cl)c2N)C1. The van der Waals surface area contributed by atoms with E-state index in [0.29, 0.717) is 22.2 Å². The van der Waals surface area contributed by atoms with Gasteiger partial charge in [0, 0.05) is 12.6 Å². The quantitative estimate of drug-likeness (QED) is 0.794. The number of hydrogen-bond donors (Lipinski definition) is 1. The Morgan fingerprint density at radius 2 is 2.11 bits per heavy atom. The van der Waals surface area contributed by atoms with E-state index in [-0.39, 0.29) is 11.9 Å². The van der Waals surface area contributed by atoms with Gasteiger partial charge in [0.25, 0.3) is 5.91 Å². The molecule has 18 heavy (non-hydrogen) atoms. The number of carbonyl (C=O) groups is 1. The highest BCUT2D eigenvalue weighted by atomic mass is 35.5. The van der Waals surface area contributed by atoms with Gasteiger partial charge in [-0.2, -0.15) is 0 Å². The molecule has 98 valence electrons. The molecule has 1 aliphatic rings. The zero-order chi connectivity index (χ0) is 13.3. The Morgan fingerprint density at radius 3 is 2.83 bits per heavy atom. The average molecular weight is 267 g/mol. The summed E-state index contributed by atoms with van der Waals surface area (Å²) in [4.78, 5) is 14.4. The van der Waals surface area contributed by atoms with Crippen molar-refractivity contribution in [3.05, 3.63) is 28.8 Å². The summed E-state index contributed by atoms with van der Waals surface area (Å²) >= 11 is 5.97. The van der Waals surface area contributed by atoms with Crippen molar-refractivity contribution in [3.8, 4) is 0 Å². The summed E-state index contributed by atoms with van der Waals surface area (Å²) < 4.78 is 0. The van der Waals surface area contributed by atoms with E-state index in [9.17, 15) is 4.79 Å². The van der Waals surface area contributed by atoms with Gasteiger partial charge in [-0.25, -0.2) is 0 Å². The molecule has 1 saturated heterocycles. The van der Waals surface area contributed by atoms with Crippen LogP contribution < -0.4 is 5.73 Å². The second kappa shape index (κ2) is 5.19. The fourth-order valence-electron chi connectivity index (χ4n) is 2.45. The molecule has 1 aromatic carbocycles. The molecule has 1 amide bonds. The van der Waals surface area contributed by atoms with Crippen molar-refractivity contribution in [2.24, 2.45) is 5.92 Å². The molecule has 2 rings (SSSR count). The second-order valence-corrected chi connectivity index (χ2v) is 5.60. The van der Waals surface area contributed by atoms with Crippen LogP contribution in [0.25, 0.3) is 0 Å². The molecule has 3 nitrogen and oxygen atoms in total. The third-order valence-electron chi connectivity index (χ3n) is 3.66. The van der Waals surface area contributed by atoms with Crippen molar-refractivity contribution in [1.82, 2.24) is 4.90 Å². The van der Waals surface area contributed by atoms with E-state index in [0.717, 1.165) is 13.0 Å². The number of anilines is 1. The van der Waals surface area contributed by atoms with Crippen LogP contribution in [-0.2, 0) is 0 Å². The van der Waals surface area contributed by atoms with Crippen LogP contribution in [0.2, 0.25) is 5.02 Å². The Morgan fingerprint density at radius 1 is 1.39 bits per heavy atom. The lowest BCUT2D eigenvalue weighted by molar-refractivity contribution is 0.0575. The highest BCUT2D eigenvalue weighted by Crippen LogP contribution is 2.27. The zero-order valence-corrected chi connectivity index (χ0v) is 11.6. The number of nitrogens with zero attached hydrogens (tertiary/aromatic N) is 1. The first kappa shape index (κ1) is 13.2. The van der Waals surface area contributed by atoms with Gasteiger partial charge in [0.15, 0.2) is 0 Å². The van der Waals surface area contributed by atoms with E-state index in [1.807, 2.05) is 4.90 Å². The average Bonchev–Trinajstić information content (AvgIpc) is 2.35. The van der Waals surface area contributed by atoms with Crippen LogP contribution in [0.4, 0.5) is 5.69 Å². The Hall–Kier alpha value is -1.22. The van der Waals surface area contributed by atoms with Crippen LogP contribution in [0.3, 0.4) is 0 Å². The van der Waals surface area contributed by atoms with Crippen LogP contribution in [0.15, 0.2) is 18.2 Å². The van der Waals surface area contributed by atoms with E-state index < -0.39 is 0 Å². The van der Waals surface area contributed by atoms with Crippen LogP contribution in [0.1, 0.15) is 37.0 Å². The molecule has 2 N–H and O–H groups in total. The minimum Gasteiger partial charge on any atom is -0.397 e. The van der Waals surface area contributed by atoms with Crippen LogP contribution in [0, 0.1) is 5.92 Å². The Bertz CT molecular complexity index is 461. The number of benzene rings is 1. The maximum Gasteiger partial charge on any atom is 0.256 e. The number of nitrogens with two attached hydrogens (primary N) is 1. The monoisotopic (exact) mass is 266 g/mol. The molecule has 4 heteroatoms. The fourth-order valence-corrected chi connectivity index (χ4v) is 2.62. The summed E-state index contributed by atoms with van der Waals surface area (Å²) in [5, 5.41) is 0.443. The molecule has 0 aliphatic carbocycles. The number of nitrogen functional groups attached to an aromatic ring is 1. The van der Waals surface area contributed by atoms with Crippen molar-refractivity contribution in [3.63, 3.8) is 0 Å². The number of rotatable bonds is 1. The summed E-state index contributed by atoms with van der Waals surface area (Å²) in [7, 11) is 0.